The topological polar surface area (TPSA) is 75.4 Å². The van der Waals surface area contributed by atoms with Crippen molar-refractivity contribution in [3.05, 3.63) is 35.4 Å². The highest BCUT2D eigenvalue weighted by Crippen LogP contribution is 2.09. The molecule has 0 radical (unpaired) electrons. The van der Waals surface area contributed by atoms with Crippen LogP contribution < -0.4 is 10.5 Å². The standard InChI is InChI=1S/C12H21N3O2S/c1-3-7-14-18(16,17)15(2)10-12-6-4-5-11(8-12)9-13/h4-6,8,14H,3,7,9-10,13H2,1-2H3. The molecule has 1 aromatic rings. The third-order valence-electron chi connectivity index (χ3n) is 2.58. The van der Waals surface area contributed by atoms with Crippen molar-refractivity contribution in [2.75, 3.05) is 13.6 Å². The number of hydrogen-bond acceptors (Lipinski definition) is 3. The van der Waals surface area contributed by atoms with Crippen molar-refractivity contribution in [2.24, 2.45) is 5.73 Å². The van der Waals surface area contributed by atoms with E-state index < -0.39 is 10.2 Å². The van der Waals surface area contributed by atoms with Gasteiger partial charge in [-0.3, -0.25) is 0 Å². The Kier molecular flexibility index (Phi) is 5.74. The van der Waals surface area contributed by atoms with Gasteiger partial charge >= 0.3 is 0 Å². The molecule has 5 nitrogen and oxygen atoms in total. The minimum absolute atomic E-state index is 0.340. The summed E-state index contributed by atoms with van der Waals surface area (Å²) in [6.45, 7) is 3.17. The van der Waals surface area contributed by atoms with Crippen LogP contribution in [0.15, 0.2) is 24.3 Å². The number of rotatable bonds is 7. The maximum absolute atomic E-state index is 11.8. The molecule has 0 aromatic heterocycles. The highest BCUT2D eigenvalue weighted by atomic mass is 32.2. The first kappa shape index (κ1) is 15.1. The average molecular weight is 271 g/mol. The second-order valence-electron chi connectivity index (χ2n) is 4.18. The molecule has 3 N–H and O–H groups in total. The van der Waals surface area contributed by atoms with Crippen LogP contribution in [0, 0.1) is 0 Å². The molecule has 0 bridgehead atoms. The monoisotopic (exact) mass is 271 g/mol. The van der Waals surface area contributed by atoms with E-state index in [1.165, 1.54) is 4.31 Å². The molecule has 0 aliphatic rings. The summed E-state index contributed by atoms with van der Waals surface area (Å²) in [6, 6.07) is 7.63. The third-order valence-corrected chi connectivity index (χ3v) is 4.10. The fourth-order valence-corrected chi connectivity index (χ4v) is 2.54. The Labute approximate surface area is 109 Å². The van der Waals surface area contributed by atoms with Crippen molar-refractivity contribution in [1.82, 2.24) is 9.03 Å². The maximum atomic E-state index is 11.8. The number of benzene rings is 1. The van der Waals surface area contributed by atoms with Crippen LogP contribution in [0.2, 0.25) is 0 Å². The molecule has 102 valence electrons. The average Bonchev–Trinajstić information content (AvgIpc) is 2.36. The van der Waals surface area contributed by atoms with E-state index in [-0.39, 0.29) is 0 Å². The smallest absolute Gasteiger partial charge is 0.279 e. The number of nitrogens with zero attached hydrogens (tertiary/aromatic N) is 1. The van der Waals surface area contributed by atoms with E-state index in [4.69, 9.17) is 5.73 Å². The van der Waals surface area contributed by atoms with Gasteiger partial charge in [0.25, 0.3) is 10.2 Å². The molecule has 6 heteroatoms. The van der Waals surface area contributed by atoms with Gasteiger partial charge in [0.15, 0.2) is 0 Å². The molecule has 1 aromatic carbocycles. The maximum Gasteiger partial charge on any atom is 0.279 e. The quantitative estimate of drug-likeness (QED) is 0.771. The highest BCUT2D eigenvalue weighted by Gasteiger charge is 2.16. The zero-order valence-electron chi connectivity index (χ0n) is 10.9. The van der Waals surface area contributed by atoms with Crippen LogP contribution in [0.1, 0.15) is 24.5 Å². The van der Waals surface area contributed by atoms with Crippen LogP contribution in [0.5, 0.6) is 0 Å². The van der Waals surface area contributed by atoms with Crippen LogP contribution in [-0.4, -0.2) is 26.3 Å². The molecule has 0 saturated carbocycles. The Morgan fingerprint density at radius 3 is 2.61 bits per heavy atom. The van der Waals surface area contributed by atoms with E-state index in [9.17, 15) is 8.42 Å². The number of nitrogens with one attached hydrogen (secondary N) is 1. The third kappa shape index (κ3) is 4.38. The van der Waals surface area contributed by atoms with Crippen molar-refractivity contribution < 1.29 is 8.42 Å². The van der Waals surface area contributed by atoms with E-state index in [2.05, 4.69) is 4.72 Å². The lowest BCUT2D eigenvalue weighted by Crippen LogP contribution is -2.38. The van der Waals surface area contributed by atoms with Gasteiger partial charge in [-0.15, -0.1) is 0 Å². The van der Waals surface area contributed by atoms with E-state index in [1.54, 1.807) is 7.05 Å². The summed E-state index contributed by atoms with van der Waals surface area (Å²) in [5.41, 5.74) is 7.49. The van der Waals surface area contributed by atoms with Gasteiger partial charge in [-0.1, -0.05) is 31.2 Å². The van der Waals surface area contributed by atoms with E-state index in [0.717, 1.165) is 17.5 Å². The van der Waals surface area contributed by atoms with E-state index >= 15 is 0 Å². The molecule has 0 atom stereocenters. The molecule has 0 aliphatic carbocycles. The highest BCUT2D eigenvalue weighted by molar-refractivity contribution is 7.87. The zero-order chi connectivity index (χ0) is 13.6. The summed E-state index contributed by atoms with van der Waals surface area (Å²) in [5, 5.41) is 0. The molecule has 0 saturated heterocycles. The van der Waals surface area contributed by atoms with Crippen LogP contribution >= 0.6 is 0 Å². The molecule has 0 fully saturated rings. The molecular formula is C12H21N3O2S. The predicted octanol–water partition coefficient (Wildman–Crippen LogP) is 0.822. The fourth-order valence-electron chi connectivity index (χ4n) is 1.54. The predicted molar refractivity (Wildman–Crippen MR) is 73.0 cm³/mol. The summed E-state index contributed by atoms with van der Waals surface area (Å²) in [7, 11) is -1.83. The van der Waals surface area contributed by atoms with Gasteiger partial charge in [-0.25, -0.2) is 4.72 Å². The van der Waals surface area contributed by atoms with Crippen LogP contribution in [0.3, 0.4) is 0 Å². The van der Waals surface area contributed by atoms with Gasteiger partial charge in [0.1, 0.15) is 0 Å². The minimum Gasteiger partial charge on any atom is -0.326 e. The number of hydrogen-bond donors (Lipinski definition) is 2. The van der Waals surface area contributed by atoms with Gasteiger partial charge in [-0.2, -0.15) is 12.7 Å². The Balaban J connectivity index is 2.71. The summed E-state index contributed by atoms with van der Waals surface area (Å²) in [4.78, 5) is 0. The Bertz CT molecular complexity index is 474. The van der Waals surface area contributed by atoms with Gasteiger partial charge in [0, 0.05) is 26.7 Å². The van der Waals surface area contributed by atoms with Gasteiger partial charge in [-0.05, 0) is 17.5 Å². The van der Waals surface area contributed by atoms with Gasteiger partial charge in [0.05, 0.1) is 0 Å². The SMILES string of the molecule is CCCNS(=O)(=O)N(C)Cc1cccc(CN)c1. The summed E-state index contributed by atoms with van der Waals surface area (Å²) in [6.07, 6.45) is 0.774. The normalized spacial score (nSPS) is 12.0. The zero-order valence-corrected chi connectivity index (χ0v) is 11.7. The molecule has 18 heavy (non-hydrogen) atoms. The van der Waals surface area contributed by atoms with Crippen LogP contribution in [-0.2, 0) is 23.3 Å². The molecule has 0 unspecified atom stereocenters. The first-order valence-electron chi connectivity index (χ1n) is 5.98. The largest absolute Gasteiger partial charge is 0.326 e. The van der Waals surface area contributed by atoms with Crippen molar-refractivity contribution in [3.8, 4) is 0 Å². The fraction of sp³-hybridized carbons (Fsp3) is 0.500. The summed E-state index contributed by atoms with van der Waals surface area (Å²) < 4.78 is 27.5. The summed E-state index contributed by atoms with van der Waals surface area (Å²) in [5.74, 6) is 0. The van der Waals surface area contributed by atoms with Gasteiger partial charge < -0.3 is 5.73 Å². The first-order chi connectivity index (χ1) is 8.49. The van der Waals surface area contributed by atoms with Crippen molar-refractivity contribution in [1.29, 1.82) is 0 Å². The Morgan fingerprint density at radius 1 is 1.33 bits per heavy atom. The molecular weight excluding hydrogens is 250 g/mol. The lowest BCUT2D eigenvalue weighted by molar-refractivity contribution is 0.455. The second kappa shape index (κ2) is 6.84. The van der Waals surface area contributed by atoms with Crippen LogP contribution in [0.25, 0.3) is 0 Å². The molecule has 0 amide bonds. The lowest BCUT2D eigenvalue weighted by Gasteiger charge is -2.17. The second-order valence-corrected chi connectivity index (χ2v) is 6.04. The summed E-state index contributed by atoms with van der Waals surface area (Å²) >= 11 is 0. The van der Waals surface area contributed by atoms with E-state index in [0.29, 0.717) is 19.6 Å². The van der Waals surface area contributed by atoms with E-state index in [1.807, 2.05) is 31.2 Å². The van der Waals surface area contributed by atoms with Crippen molar-refractivity contribution >= 4 is 10.2 Å². The molecule has 0 spiro atoms. The molecule has 0 aliphatic heterocycles. The first-order valence-corrected chi connectivity index (χ1v) is 7.42. The number of nitrogens with two attached hydrogens (primary N) is 1. The Morgan fingerprint density at radius 2 is 2.00 bits per heavy atom. The Hall–Kier alpha value is -0.950. The molecule has 0 heterocycles. The lowest BCUT2D eigenvalue weighted by atomic mass is 10.1. The van der Waals surface area contributed by atoms with Crippen molar-refractivity contribution in [3.63, 3.8) is 0 Å². The van der Waals surface area contributed by atoms with Gasteiger partial charge in [0.2, 0.25) is 0 Å². The van der Waals surface area contributed by atoms with Crippen molar-refractivity contribution in [2.45, 2.75) is 26.4 Å². The minimum atomic E-state index is -3.39. The molecule has 1 rings (SSSR count). The van der Waals surface area contributed by atoms with Crippen LogP contribution in [0.4, 0.5) is 0 Å².